The molecule has 1 saturated carbocycles. The van der Waals surface area contributed by atoms with Gasteiger partial charge in [0.15, 0.2) is 5.82 Å². The Bertz CT molecular complexity index is 541. The minimum absolute atomic E-state index is 0. The van der Waals surface area contributed by atoms with Gasteiger partial charge in [-0.15, -0.1) is 24.2 Å². The molecule has 2 atom stereocenters. The van der Waals surface area contributed by atoms with Crippen molar-refractivity contribution in [3.8, 4) is 0 Å². The second-order valence-electron chi connectivity index (χ2n) is 5.82. The molecule has 9 heteroatoms. The third-order valence-electron chi connectivity index (χ3n) is 3.92. The molecule has 1 aliphatic rings. The van der Waals surface area contributed by atoms with Crippen LogP contribution in [0.1, 0.15) is 31.4 Å². The van der Waals surface area contributed by atoms with Gasteiger partial charge in [-0.3, -0.25) is 9.59 Å². The van der Waals surface area contributed by atoms with Crippen LogP contribution in [0.5, 0.6) is 0 Å². The summed E-state index contributed by atoms with van der Waals surface area (Å²) in [4.78, 5) is 23.7. The van der Waals surface area contributed by atoms with E-state index in [2.05, 4.69) is 15.8 Å². The van der Waals surface area contributed by atoms with Gasteiger partial charge in [-0.05, 0) is 32.2 Å². The smallest absolute Gasteiger partial charge is 0.235 e. The molecule has 1 aromatic heterocycles. The van der Waals surface area contributed by atoms with Crippen molar-refractivity contribution in [1.82, 2.24) is 10.5 Å². The van der Waals surface area contributed by atoms with E-state index in [1.54, 1.807) is 13.0 Å². The van der Waals surface area contributed by atoms with Crippen molar-refractivity contribution in [2.24, 2.45) is 11.7 Å². The number of carbonyl (C=O) groups is 2. The van der Waals surface area contributed by atoms with Gasteiger partial charge in [-0.1, -0.05) is 18.0 Å². The number of thioether (sulfide) groups is 1. The summed E-state index contributed by atoms with van der Waals surface area (Å²) in [5.74, 6) is 1.62. The Kier molecular flexibility index (Phi) is 9.17. The summed E-state index contributed by atoms with van der Waals surface area (Å²) in [5.41, 5.74) is 5.76. The fourth-order valence-corrected chi connectivity index (χ4v) is 3.40. The maximum absolute atomic E-state index is 12.0. The SMILES string of the molecule is Cc1cc(NC(=O)CSCC(=O)NC2CCCCC2CN)no1.Cl. The van der Waals surface area contributed by atoms with E-state index in [1.165, 1.54) is 18.2 Å². The molecule has 136 valence electrons. The number of anilines is 1. The average molecular weight is 377 g/mol. The number of carbonyl (C=O) groups excluding carboxylic acids is 2. The molecule has 7 nitrogen and oxygen atoms in total. The second-order valence-corrected chi connectivity index (χ2v) is 6.80. The van der Waals surface area contributed by atoms with Crippen molar-refractivity contribution < 1.29 is 14.1 Å². The minimum atomic E-state index is -0.200. The molecule has 2 rings (SSSR count). The van der Waals surface area contributed by atoms with Crippen LogP contribution in [0.4, 0.5) is 5.82 Å². The summed E-state index contributed by atoms with van der Waals surface area (Å²) in [5, 5.41) is 9.36. The normalized spacial score (nSPS) is 20.1. The van der Waals surface area contributed by atoms with E-state index < -0.39 is 0 Å². The zero-order chi connectivity index (χ0) is 16.7. The quantitative estimate of drug-likeness (QED) is 0.668. The third-order valence-corrected chi connectivity index (χ3v) is 4.85. The van der Waals surface area contributed by atoms with Crippen LogP contribution >= 0.6 is 24.2 Å². The number of hydrogen-bond acceptors (Lipinski definition) is 6. The highest BCUT2D eigenvalue weighted by molar-refractivity contribution is 8.00. The maximum atomic E-state index is 12.0. The predicted octanol–water partition coefficient (Wildman–Crippen LogP) is 1.71. The molecule has 1 heterocycles. The van der Waals surface area contributed by atoms with Gasteiger partial charge >= 0.3 is 0 Å². The molecular formula is C15H25ClN4O3S. The number of aryl methyl sites for hydroxylation is 1. The summed E-state index contributed by atoms with van der Waals surface area (Å²) in [6.45, 7) is 2.36. The Hall–Kier alpha value is -1.25. The van der Waals surface area contributed by atoms with Crippen LogP contribution in [0, 0.1) is 12.8 Å². The van der Waals surface area contributed by atoms with Crippen molar-refractivity contribution >= 4 is 41.8 Å². The van der Waals surface area contributed by atoms with Crippen molar-refractivity contribution in [1.29, 1.82) is 0 Å². The van der Waals surface area contributed by atoms with Gasteiger partial charge in [0.1, 0.15) is 5.76 Å². The van der Waals surface area contributed by atoms with E-state index in [-0.39, 0.29) is 41.8 Å². The molecule has 0 bridgehead atoms. The Morgan fingerprint density at radius 2 is 2.04 bits per heavy atom. The monoisotopic (exact) mass is 376 g/mol. The number of nitrogens with two attached hydrogens (primary N) is 1. The van der Waals surface area contributed by atoms with E-state index in [1.807, 2.05) is 0 Å². The van der Waals surface area contributed by atoms with Gasteiger partial charge in [-0.2, -0.15) is 0 Å². The molecule has 0 aliphatic heterocycles. The lowest BCUT2D eigenvalue weighted by molar-refractivity contribution is -0.119. The first-order valence-corrected chi connectivity index (χ1v) is 9.04. The number of nitrogens with zero attached hydrogens (tertiary/aromatic N) is 1. The van der Waals surface area contributed by atoms with Crippen LogP contribution in [0.25, 0.3) is 0 Å². The van der Waals surface area contributed by atoms with Crippen LogP contribution in [0.15, 0.2) is 10.6 Å². The van der Waals surface area contributed by atoms with E-state index in [0.29, 0.717) is 24.0 Å². The lowest BCUT2D eigenvalue weighted by Gasteiger charge is -2.31. The van der Waals surface area contributed by atoms with Crippen LogP contribution < -0.4 is 16.4 Å². The third kappa shape index (κ3) is 6.70. The largest absolute Gasteiger partial charge is 0.360 e. The summed E-state index contributed by atoms with van der Waals surface area (Å²) < 4.78 is 4.87. The van der Waals surface area contributed by atoms with Crippen molar-refractivity contribution in [2.75, 3.05) is 23.4 Å². The molecule has 1 aliphatic carbocycles. The van der Waals surface area contributed by atoms with Crippen LogP contribution in [0.2, 0.25) is 0 Å². The van der Waals surface area contributed by atoms with E-state index >= 15 is 0 Å². The first kappa shape index (κ1) is 20.8. The molecule has 0 radical (unpaired) electrons. The van der Waals surface area contributed by atoms with Crippen molar-refractivity contribution in [3.05, 3.63) is 11.8 Å². The van der Waals surface area contributed by atoms with E-state index in [0.717, 1.165) is 19.3 Å². The van der Waals surface area contributed by atoms with Gasteiger partial charge < -0.3 is 20.9 Å². The van der Waals surface area contributed by atoms with Crippen LogP contribution in [-0.4, -0.2) is 41.1 Å². The van der Waals surface area contributed by atoms with Gasteiger partial charge in [0.25, 0.3) is 0 Å². The molecule has 2 unspecified atom stereocenters. The van der Waals surface area contributed by atoms with Gasteiger partial charge in [0.2, 0.25) is 11.8 Å². The highest BCUT2D eigenvalue weighted by Crippen LogP contribution is 2.23. The number of rotatable bonds is 7. The maximum Gasteiger partial charge on any atom is 0.235 e. The Labute approximate surface area is 152 Å². The molecular weight excluding hydrogens is 352 g/mol. The first-order valence-electron chi connectivity index (χ1n) is 7.89. The number of amides is 2. The van der Waals surface area contributed by atoms with Gasteiger partial charge in [0, 0.05) is 12.1 Å². The minimum Gasteiger partial charge on any atom is -0.360 e. The molecule has 1 fully saturated rings. The zero-order valence-electron chi connectivity index (χ0n) is 13.7. The summed E-state index contributed by atoms with van der Waals surface area (Å²) >= 11 is 1.28. The summed E-state index contributed by atoms with van der Waals surface area (Å²) in [7, 11) is 0. The van der Waals surface area contributed by atoms with Crippen LogP contribution in [0.3, 0.4) is 0 Å². The molecule has 24 heavy (non-hydrogen) atoms. The fourth-order valence-electron chi connectivity index (χ4n) is 2.77. The fraction of sp³-hybridized carbons (Fsp3) is 0.667. The Morgan fingerprint density at radius 3 is 2.71 bits per heavy atom. The first-order chi connectivity index (χ1) is 11.1. The van der Waals surface area contributed by atoms with Gasteiger partial charge in [-0.25, -0.2) is 0 Å². The molecule has 0 saturated heterocycles. The molecule has 1 aromatic rings. The van der Waals surface area contributed by atoms with E-state index in [9.17, 15) is 9.59 Å². The van der Waals surface area contributed by atoms with Crippen molar-refractivity contribution in [3.63, 3.8) is 0 Å². The number of nitrogens with one attached hydrogen (secondary N) is 2. The van der Waals surface area contributed by atoms with Crippen LogP contribution in [-0.2, 0) is 9.59 Å². The highest BCUT2D eigenvalue weighted by Gasteiger charge is 2.25. The number of hydrogen-bond donors (Lipinski definition) is 3. The summed E-state index contributed by atoms with van der Waals surface area (Å²) in [6.07, 6.45) is 4.39. The molecule has 0 aromatic carbocycles. The Morgan fingerprint density at radius 1 is 1.33 bits per heavy atom. The summed E-state index contributed by atoms with van der Waals surface area (Å²) in [6, 6.07) is 1.82. The van der Waals surface area contributed by atoms with Gasteiger partial charge in [0.05, 0.1) is 11.5 Å². The zero-order valence-corrected chi connectivity index (χ0v) is 15.4. The number of aromatic nitrogens is 1. The van der Waals surface area contributed by atoms with Crippen molar-refractivity contribution in [2.45, 2.75) is 38.6 Å². The average Bonchev–Trinajstić information content (AvgIpc) is 2.92. The standard InChI is InChI=1S/C15H24N4O3S.ClH/c1-10-6-13(19-22-10)18-15(21)9-23-8-14(20)17-12-5-3-2-4-11(12)7-16;/h6,11-12H,2-5,7-9,16H2,1H3,(H,17,20)(H,18,19,21);1H. The molecule has 2 amide bonds. The van der Waals surface area contributed by atoms with E-state index in [4.69, 9.17) is 10.3 Å². The Balaban J connectivity index is 0.00000288. The molecule has 4 N–H and O–H groups in total. The lowest BCUT2D eigenvalue weighted by atomic mass is 9.84. The lowest BCUT2D eigenvalue weighted by Crippen LogP contribution is -2.45. The topological polar surface area (TPSA) is 110 Å². The predicted molar refractivity (Wildman–Crippen MR) is 97.4 cm³/mol. The second kappa shape index (κ2) is 10.6. The highest BCUT2D eigenvalue weighted by atomic mass is 35.5. The molecule has 0 spiro atoms. The number of halogens is 1.